The molecule has 2 atom stereocenters. The largest absolute Gasteiger partial charge is 0.354 e. The van der Waals surface area contributed by atoms with E-state index >= 15 is 0 Å². The summed E-state index contributed by atoms with van der Waals surface area (Å²) in [4.78, 5) is 22.6. The molecule has 0 aromatic carbocycles. The Balaban J connectivity index is 1.61. The van der Waals surface area contributed by atoms with E-state index in [1.807, 2.05) is 0 Å². The van der Waals surface area contributed by atoms with E-state index < -0.39 is 0 Å². The van der Waals surface area contributed by atoms with E-state index in [0.717, 1.165) is 13.0 Å². The van der Waals surface area contributed by atoms with Crippen molar-refractivity contribution in [1.29, 1.82) is 0 Å². The Morgan fingerprint density at radius 1 is 1.41 bits per heavy atom. The van der Waals surface area contributed by atoms with Crippen LogP contribution in [-0.2, 0) is 9.59 Å². The normalized spacial score (nSPS) is 28.8. The maximum absolute atomic E-state index is 11.7. The minimum atomic E-state index is -0.00526. The first-order chi connectivity index (χ1) is 8.24. The monoisotopic (exact) mass is 239 g/mol. The van der Waals surface area contributed by atoms with E-state index in [9.17, 15) is 9.59 Å². The lowest BCUT2D eigenvalue weighted by molar-refractivity contribution is -0.122. The maximum Gasteiger partial charge on any atom is 0.222 e. The van der Waals surface area contributed by atoms with Crippen molar-refractivity contribution in [2.24, 2.45) is 0 Å². The van der Waals surface area contributed by atoms with Crippen LogP contribution in [0.1, 0.15) is 38.5 Å². The molecule has 0 bridgehead atoms. The summed E-state index contributed by atoms with van der Waals surface area (Å²) in [5, 5.41) is 9.04. The van der Waals surface area contributed by atoms with Gasteiger partial charge in [-0.25, -0.2) is 0 Å². The third kappa shape index (κ3) is 4.00. The van der Waals surface area contributed by atoms with Crippen molar-refractivity contribution in [3.8, 4) is 0 Å². The van der Waals surface area contributed by atoms with E-state index in [-0.39, 0.29) is 17.9 Å². The standard InChI is InChI=1S/C12H21N3O2/c16-11(15-10-7-12(17)14-8-10)5-4-9-3-1-2-6-13-9/h9-10,13H,1-8H2,(H,14,17)(H,15,16). The van der Waals surface area contributed by atoms with Crippen LogP contribution in [0.5, 0.6) is 0 Å². The number of carbonyl (C=O) groups is 2. The number of piperidine rings is 1. The lowest BCUT2D eigenvalue weighted by Crippen LogP contribution is -2.38. The molecule has 0 aromatic heterocycles. The number of hydrogen-bond donors (Lipinski definition) is 3. The zero-order chi connectivity index (χ0) is 12.1. The molecule has 96 valence electrons. The highest BCUT2D eigenvalue weighted by Crippen LogP contribution is 2.11. The lowest BCUT2D eigenvalue weighted by atomic mass is 10.0. The lowest BCUT2D eigenvalue weighted by Gasteiger charge is -2.23. The fourth-order valence-corrected chi connectivity index (χ4v) is 2.48. The van der Waals surface area contributed by atoms with Gasteiger partial charge in [-0.3, -0.25) is 9.59 Å². The summed E-state index contributed by atoms with van der Waals surface area (Å²) in [6.07, 6.45) is 5.57. The Hall–Kier alpha value is -1.10. The van der Waals surface area contributed by atoms with Gasteiger partial charge in [0.1, 0.15) is 0 Å². The first-order valence-electron chi connectivity index (χ1n) is 6.53. The summed E-state index contributed by atoms with van der Waals surface area (Å²) >= 11 is 0. The van der Waals surface area contributed by atoms with E-state index in [4.69, 9.17) is 0 Å². The smallest absolute Gasteiger partial charge is 0.222 e. The molecule has 5 nitrogen and oxygen atoms in total. The highest BCUT2D eigenvalue weighted by molar-refractivity contribution is 5.82. The fraction of sp³-hybridized carbons (Fsp3) is 0.833. The van der Waals surface area contributed by atoms with Crippen LogP contribution in [0.2, 0.25) is 0 Å². The van der Waals surface area contributed by atoms with Crippen LogP contribution in [-0.4, -0.2) is 37.0 Å². The molecule has 2 rings (SSSR count). The Morgan fingerprint density at radius 3 is 2.94 bits per heavy atom. The van der Waals surface area contributed by atoms with Crippen molar-refractivity contribution in [1.82, 2.24) is 16.0 Å². The minimum absolute atomic E-state index is 0.00526. The molecule has 0 aliphatic carbocycles. The van der Waals surface area contributed by atoms with Crippen LogP contribution >= 0.6 is 0 Å². The van der Waals surface area contributed by atoms with Crippen molar-refractivity contribution in [2.45, 2.75) is 50.6 Å². The second kappa shape index (κ2) is 6.00. The molecule has 3 N–H and O–H groups in total. The SMILES string of the molecule is O=C1CC(NC(=O)CCC2CCCCN2)CN1. The van der Waals surface area contributed by atoms with Crippen molar-refractivity contribution in [3.05, 3.63) is 0 Å². The number of nitrogens with one attached hydrogen (secondary N) is 3. The Labute approximate surface area is 102 Å². The van der Waals surface area contributed by atoms with Crippen LogP contribution < -0.4 is 16.0 Å². The van der Waals surface area contributed by atoms with Gasteiger partial charge in [-0.2, -0.15) is 0 Å². The van der Waals surface area contributed by atoms with E-state index in [2.05, 4.69) is 16.0 Å². The summed E-state index contributed by atoms with van der Waals surface area (Å²) < 4.78 is 0. The molecule has 2 aliphatic rings. The first kappa shape index (κ1) is 12.4. The molecular formula is C12H21N3O2. The van der Waals surface area contributed by atoms with Gasteiger partial charge in [0.05, 0.1) is 6.04 Å². The summed E-state index contributed by atoms with van der Waals surface area (Å²) in [6, 6.07) is 0.493. The van der Waals surface area contributed by atoms with Gasteiger partial charge >= 0.3 is 0 Å². The molecule has 2 aliphatic heterocycles. The van der Waals surface area contributed by atoms with Crippen molar-refractivity contribution in [2.75, 3.05) is 13.1 Å². The molecule has 0 spiro atoms. The summed E-state index contributed by atoms with van der Waals surface area (Å²) in [5.41, 5.74) is 0. The summed E-state index contributed by atoms with van der Waals surface area (Å²) in [5.74, 6) is 0.100. The van der Waals surface area contributed by atoms with Gasteiger partial charge in [-0.1, -0.05) is 6.42 Å². The quantitative estimate of drug-likeness (QED) is 0.642. The Bertz CT molecular complexity index is 287. The fourth-order valence-electron chi connectivity index (χ4n) is 2.48. The number of hydrogen-bond acceptors (Lipinski definition) is 3. The number of amides is 2. The molecule has 5 heteroatoms. The third-order valence-corrected chi connectivity index (χ3v) is 3.47. The van der Waals surface area contributed by atoms with Crippen molar-refractivity contribution < 1.29 is 9.59 Å². The second-order valence-electron chi connectivity index (χ2n) is 4.96. The second-order valence-corrected chi connectivity index (χ2v) is 4.96. The van der Waals surface area contributed by atoms with Crippen LogP contribution in [0.3, 0.4) is 0 Å². The van der Waals surface area contributed by atoms with Gasteiger partial charge in [-0.05, 0) is 25.8 Å². The van der Waals surface area contributed by atoms with E-state index in [0.29, 0.717) is 25.4 Å². The van der Waals surface area contributed by atoms with Gasteiger partial charge < -0.3 is 16.0 Å². The highest BCUT2D eigenvalue weighted by atomic mass is 16.2. The molecule has 0 aromatic rings. The van der Waals surface area contributed by atoms with Gasteiger partial charge in [0, 0.05) is 25.4 Å². The minimum Gasteiger partial charge on any atom is -0.354 e. The molecule has 2 amide bonds. The highest BCUT2D eigenvalue weighted by Gasteiger charge is 2.23. The molecule has 2 heterocycles. The van der Waals surface area contributed by atoms with Crippen molar-refractivity contribution in [3.63, 3.8) is 0 Å². The van der Waals surface area contributed by atoms with Gasteiger partial charge in [-0.15, -0.1) is 0 Å². The first-order valence-corrected chi connectivity index (χ1v) is 6.53. The van der Waals surface area contributed by atoms with Gasteiger partial charge in [0.15, 0.2) is 0 Å². The third-order valence-electron chi connectivity index (χ3n) is 3.47. The topological polar surface area (TPSA) is 70.2 Å². The van der Waals surface area contributed by atoms with E-state index in [1.165, 1.54) is 19.3 Å². The molecule has 2 unspecified atom stereocenters. The molecule has 0 saturated carbocycles. The average Bonchev–Trinajstić information content (AvgIpc) is 2.73. The molecule has 0 radical (unpaired) electrons. The zero-order valence-electron chi connectivity index (χ0n) is 10.1. The van der Waals surface area contributed by atoms with Gasteiger partial charge in [0.25, 0.3) is 0 Å². The van der Waals surface area contributed by atoms with Gasteiger partial charge in [0.2, 0.25) is 11.8 Å². The van der Waals surface area contributed by atoms with Crippen LogP contribution in [0.4, 0.5) is 0 Å². The predicted molar refractivity (Wildman–Crippen MR) is 64.4 cm³/mol. The summed E-state index contributed by atoms with van der Waals surface area (Å²) in [7, 11) is 0. The van der Waals surface area contributed by atoms with E-state index in [1.54, 1.807) is 0 Å². The molecule has 17 heavy (non-hydrogen) atoms. The van der Waals surface area contributed by atoms with Crippen LogP contribution in [0.15, 0.2) is 0 Å². The number of carbonyl (C=O) groups excluding carboxylic acids is 2. The Morgan fingerprint density at radius 2 is 2.29 bits per heavy atom. The Kier molecular flexibility index (Phi) is 4.36. The molecule has 2 saturated heterocycles. The van der Waals surface area contributed by atoms with Crippen molar-refractivity contribution >= 4 is 11.8 Å². The molecule has 2 fully saturated rings. The predicted octanol–water partition coefficient (Wildman–Crippen LogP) is -0.0866. The summed E-state index contributed by atoms with van der Waals surface area (Å²) in [6.45, 7) is 1.65. The number of rotatable bonds is 4. The maximum atomic E-state index is 11.7. The van der Waals surface area contributed by atoms with Crippen LogP contribution in [0, 0.1) is 0 Å². The zero-order valence-corrected chi connectivity index (χ0v) is 10.1. The van der Waals surface area contributed by atoms with Crippen LogP contribution in [0.25, 0.3) is 0 Å². The average molecular weight is 239 g/mol. The molecular weight excluding hydrogens is 218 g/mol.